The Balaban J connectivity index is 2.77. The molecule has 0 saturated carbocycles. The van der Waals surface area contributed by atoms with E-state index >= 15 is 0 Å². The number of carbonyl (C=O) groups excluding carboxylic acids is 1. The van der Waals surface area contributed by atoms with E-state index in [0.29, 0.717) is 0 Å². The molecule has 2 N–H and O–H groups in total. The number of nitrogens with zero attached hydrogens (tertiary/aromatic N) is 1. The summed E-state index contributed by atoms with van der Waals surface area (Å²) in [5.41, 5.74) is 3.23. The van der Waals surface area contributed by atoms with Crippen molar-refractivity contribution in [3.63, 3.8) is 0 Å². The third-order valence-electron chi connectivity index (χ3n) is 0.767. The molecule has 0 aromatic carbocycles. The molecule has 1 aromatic heterocycles. The van der Waals surface area contributed by atoms with E-state index in [0.717, 1.165) is 0 Å². The maximum atomic E-state index is 10.5. The third kappa shape index (κ3) is 1.24. The van der Waals surface area contributed by atoms with E-state index in [-0.39, 0.29) is 5.69 Å². The number of hydrogen-bond acceptors (Lipinski definition) is 4. The first-order chi connectivity index (χ1) is 4.34. The Kier molecular flexibility index (Phi) is 1.76. The first kappa shape index (κ1) is 6.18. The molecule has 0 spiro atoms. The third-order valence-corrected chi connectivity index (χ3v) is 1.35. The Morgan fingerprint density at radius 1 is 1.89 bits per heavy atom. The Morgan fingerprint density at radius 2 is 2.67 bits per heavy atom. The highest BCUT2D eigenvalue weighted by Crippen LogP contribution is 1.98. The number of hydroxylamine groups is 1. The molecular formula is C4H4N2O2S. The summed E-state index contributed by atoms with van der Waals surface area (Å²) in [6.45, 7) is 0. The van der Waals surface area contributed by atoms with E-state index in [1.165, 1.54) is 22.3 Å². The van der Waals surface area contributed by atoms with Gasteiger partial charge in [0.05, 0.1) is 5.51 Å². The van der Waals surface area contributed by atoms with Crippen LogP contribution < -0.4 is 5.48 Å². The van der Waals surface area contributed by atoms with Crippen LogP contribution in [0.2, 0.25) is 0 Å². The molecule has 0 unspecified atom stereocenters. The fourth-order valence-corrected chi connectivity index (χ4v) is 0.914. The van der Waals surface area contributed by atoms with Gasteiger partial charge in [-0.1, -0.05) is 0 Å². The van der Waals surface area contributed by atoms with E-state index in [4.69, 9.17) is 5.21 Å². The summed E-state index contributed by atoms with van der Waals surface area (Å²) in [7, 11) is 0. The van der Waals surface area contributed by atoms with Crippen molar-refractivity contribution in [2.75, 3.05) is 0 Å². The summed E-state index contributed by atoms with van der Waals surface area (Å²) in [4.78, 5) is 14.1. The lowest BCUT2D eigenvalue weighted by Gasteiger charge is -1.88. The predicted octanol–water partition coefficient (Wildman–Crippen LogP) is 0.262. The largest absolute Gasteiger partial charge is 0.294 e. The van der Waals surface area contributed by atoms with Crippen LogP contribution in [0.5, 0.6) is 0 Å². The molecule has 4 nitrogen and oxygen atoms in total. The second-order valence-electron chi connectivity index (χ2n) is 1.31. The summed E-state index contributed by atoms with van der Waals surface area (Å²) >= 11 is 1.30. The zero-order valence-electron chi connectivity index (χ0n) is 4.37. The molecule has 1 aromatic rings. The molecule has 0 aliphatic rings. The second kappa shape index (κ2) is 2.56. The summed E-state index contributed by atoms with van der Waals surface area (Å²) in [6, 6.07) is 0. The lowest BCUT2D eigenvalue weighted by atomic mass is 10.5. The molecule has 1 rings (SSSR count). The van der Waals surface area contributed by atoms with Gasteiger partial charge >= 0.3 is 0 Å². The van der Waals surface area contributed by atoms with Crippen molar-refractivity contribution in [1.29, 1.82) is 0 Å². The van der Waals surface area contributed by atoms with Crippen molar-refractivity contribution < 1.29 is 10.0 Å². The number of hydrogen-bond donors (Lipinski definition) is 2. The second-order valence-corrected chi connectivity index (χ2v) is 2.03. The molecule has 0 fully saturated rings. The van der Waals surface area contributed by atoms with E-state index in [9.17, 15) is 4.79 Å². The van der Waals surface area contributed by atoms with Crippen LogP contribution in [0.1, 0.15) is 10.5 Å². The number of thiazole rings is 1. The van der Waals surface area contributed by atoms with Crippen molar-refractivity contribution in [3.8, 4) is 0 Å². The van der Waals surface area contributed by atoms with Gasteiger partial charge in [-0.2, -0.15) is 0 Å². The minimum absolute atomic E-state index is 0.238. The summed E-state index contributed by atoms with van der Waals surface area (Å²) in [5.74, 6) is -0.573. The maximum absolute atomic E-state index is 10.5. The molecule has 0 atom stereocenters. The zero-order valence-corrected chi connectivity index (χ0v) is 5.18. The van der Waals surface area contributed by atoms with Crippen LogP contribution in [0.15, 0.2) is 10.9 Å². The first-order valence-electron chi connectivity index (χ1n) is 2.17. The molecule has 0 aliphatic heterocycles. The Bertz CT molecular complexity index is 196. The lowest BCUT2D eigenvalue weighted by molar-refractivity contribution is 0.0701. The van der Waals surface area contributed by atoms with Gasteiger partial charge < -0.3 is 0 Å². The van der Waals surface area contributed by atoms with Crippen LogP contribution in [0.4, 0.5) is 0 Å². The zero-order chi connectivity index (χ0) is 6.69. The van der Waals surface area contributed by atoms with E-state index in [1.807, 2.05) is 0 Å². The summed E-state index contributed by atoms with van der Waals surface area (Å²) < 4.78 is 0. The molecule has 1 heterocycles. The molecule has 0 aliphatic carbocycles. The van der Waals surface area contributed by atoms with Crippen molar-refractivity contribution >= 4 is 17.2 Å². The smallest absolute Gasteiger partial charge is 0.288 e. The van der Waals surface area contributed by atoms with Crippen molar-refractivity contribution in [2.45, 2.75) is 0 Å². The lowest BCUT2D eigenvalue weighted by Crippen LogP contribution is -2.18. The number of nitrogens with one attached hydrogen (secondary N) is 1. The monoisotopic (exact) mass is 144 g/mol. The molecule has 0 bridgehead atoms. The average molecular weight is 144 g/mol. The maximum Gasteiger partial charge on any atom is 0.294 e. The molecule has 1 amide bonds. The quantitative estimate of drug-likeness (QED) is 0.439. The van der Waals surface area contributed by atoms with Gasteiger partial charge in [0.15, 0.2) is 0 Å². The van der Waals surface area contributed by atoms with E-state index in [2.05, 4.69) is 4.98 Å². The number of carbonyl (C=O) groups is 1. The van der Waals surface area contributed by atoms with Crippen LogP contribution in [0, 0.1) is 0 Å². The fraction of sp³-hybridized carbons (Fsp3) is 0. The van der Waals surface area contributed by atoms with Crippen LogP contribution >= 0.6 is 11.3 Å². The van der Waals surface area contributed by atoms with Crippen LogP contribution in [-0.4, -0.2) is 16.1 Å². The van der Waals surface area contributed by atoms with Crippen molar-refractivity contribution in [2.24, 2.45) is 0 Å². The first-order valence-corrected chi connectivity index (χ1v) is 3.11. The normalized spacial score (nSPS) is 9.00. The predicted molar refractivity (Wildman–Crippen MR) is 31.4 cm³/mol. The molecule has 9 heavy (non-hydrogen) atoms. The minimum atomic E-state index is -0.573. The van der Waals surface area contributed by atoms with Crippen molar-refractivity contribution in [3.05, 3.63) is 16.6 Å². The van der Waals surface area contributed by atoms with Gasteiger partial charge in [-0.15, -0.1) is 11.3 Å². The van der Waals surface area contributed by atoms with E-state index < -0.39 is 5.91 Å². The van der Waals surface area contributed by atoms with Gasteiger partial charge in [0.1, 0.15) is 5.69 Å². The SMILES string of the molecule is O=C(NO)c1cscn1. The number of aromatic nitrogens is 1. The summed E-state index contributed by atoms with van der Waals surface area (Å²) in [5, 5.41) is 9.62. The van der Waals surface area contributed by atoms with Crippen LogP contribution in [0.3, 0.4) is 0 Å². The Hall–Kier alpha value is -0.940. The van der Waals surface area contributed by atoms with Gasteiger partial charge in [0.2, 0.25) is 0 Å². The molecule has 48 valence electrons. The molecule has 0 radical (unpaired) electrons. The Morgan fingerprint density at radius 3 is 3.11 bits per heavy atom. The highest BCUT2D eigenvalue weighted by molar-refractivity contribution is 7.07. The molecular weight excluding hydrogens is 140 g/mol. The number of amides is 1. The average Bonchev–Trinajstić information content (AvgIpc) is 2.37. The van der Waals surface area contributed by atoms with Gasteiger partial charge in [-0.25, -0.2) is 10.5 Å². The van der Waals surface area contributed by atoms with Gasteiger partial charge in [-0.3, -0.25) is 10.0 Å². The fourth-order valence-electron chi connectivity index (χ4n) is 0.382. The van der Waals surface area contributed by atoms with E-state index in [1.54, 1.807) is 5.38 Å². The summed E-state index contributed by atoms with van der Waals surface area (Å²) in [6.07, 6.45) is 0. The van der Waals surface area contributed by atoms with Crippen LogP contribution in [0.25, 0.3) is 0 Å². The highest BCUT2D eigenvalue weighted by atomic mass is 32.1. The minimum Gasteiger partial charge on any atom is -0.288 e. The van der Waals surface area contributed by atoms with Gasteiger partial charge in [0, 0.05) is 5.38 Å². The highest BCUT2D eigenvalue weighted by Gasteiger charge is 2.03. The topological polar surface area (TPSA) is 62.2 Å². The Labute approximate surface area is 55.1 Å². The molecule has 0 saturated heterocycles. The van der Waals surface area contributed by atoms with Gasteiger partial charge in [-0.05, 0) is 0 Å². The standard InChI is InChI=1S/C4H4N2O2S/c7-4(6-8)3-1-9-2-5-3/h1-2,8H,(H,6,7). The van der Waals surface area contributed by atoms with Crippen LogP contribution in [-0.2, 0) is 0 Å². The van der Waals surface area contributed by atoms with Gasteiger partial charge in [0.25, 0.3) is 5.91 Å². The number of rotatable bonds is 1. The molecule has 5 heteroatoms. The van der Waals surface area contributed by atoms with Crippen molar-refractivity contribution in [1.82, 2.24) is 10.5 Å².